The lowest BCUT2D eigenvalue weighted by molar-refractivity contribution is -0.126. The Hall–Kier alpha value is -2.12. The van der Waals surface area contributed by atoms with Crippen molar-refractivity contribution in [1.82, 2.24) is 20.4 Å². The molecule has 28 heavy (non-hydrogen) atoms. The molecule has 2 aliphatic rings. The Morgan fingerprint density at radius 3 is 2.89 bits per heavy atom. The number of aryl methyl sites for hydroxylation is 1. The van der Waals surface area contributed by atoms with Gasteiger partial charge in [-0.15, -0.1) is 12.4 Å². The molecule has 0 saturated carbocycles. The van der Waals surface area contributed by atoms with E-state index in [1.54, 1.807) is 10.7 Å². The maximum absolute atomic E-state index is 13.6. The van der Waals surface area contributed by atoms with Crippen molar-refractivity contribution in [3.63, 3.8) is 0 Å². The lowest BCUT2D eigenvalue weighted by Gasteiger charge is -2.38. The highest BCUT2D eigenvalue weighted by Crippen LogP contribution is 2.40. The minimum absolute atomic E-state index is 0. The van der Waals surface area contributed by atoms with Crippen LogP contribution < -0.4 is 15.4 Å². The fourth-order valence-corrected chi connectivity index (χ4v) is 4.17. The number of amides is 1. The Labute approximate surface area is 170 Å². The van der Waals surface area contributed by atoms with Crippen molar-refractivity contribution in [2.75, 3.05) is 13.1 Å². The number of ether oxygens (including phenoxy) is 1. The Kier molecular flexibility index (Phi) is 5.68. The first-order chi connectivity index (χ1) is 12.8. The minimum Gasteiger partial charge on any atom is -0.487 e. The zero-order valence-electron chi connectivity index (χ0n) is 16.2. The van der Waals surface area contributed by atoms with Gasteiger partial charge in [0.15, 0.2) is 0 Å². The molecule has 1 unspecified atom stereocenters. The number of carbonyl (C=O) groups is 1. The van der Waals surface area contributed by atoms with E-state index >= 15 is 0 Å². The quantitative estimate of drug-likeness (QED) is 0.819. The number of aromatic nitrogens is 2. The largest absolute Gasteiger partial charge is 0.487 e. The second kappa shape index (κ2) is 7.72. The first-order valence-corrected chi connectivity index (χ1v) is 9.30. The average Bonchev–Trinajstić information content (AvgIpc) is 3.21. The third-order valence-electron chi connectivity index (χ3n) is 5.45. The third kappa shape index (κ3) is 4.00. The maximum Gasteiger partial charge on any atom is 0.225 e. The number of nitrogens with one attached hydrogen (secondary N) is 2. The summed E-state index contributed by atoms with van der Waals surface area (Å²) in [6.07, 6.45) is 4.43. The lowest BCUT2D eigenvalue weighted by Crippen LogP contribution is -2.44. The number of nitrogens with zero attached hydrogens (tertiary/aromatic N) is 2. The van der Waals surface area contributed by atoms with Crippen molar-refractivity contribution in [2.24, 2.45) is 13.0 Å². The molecular formula is C20H26ClFN4O2. The van der Waals surface area contributed by atoms with Crippen LogP contribution in [0.3, 0.4) is 0 Å². The molecule has 1 aromatic heterocycles. The molecule has 0 aliphatic carbocycles. The Morgan fingerprint density at radius 2 is 2.18 bits per heavy atom. The second-order valence-electron chi connectivity index (χ2n) is 8.13. The molecule has 0 bridgehead atoms. The van der Waals surface area contributed by atoms with Crippen molar-refractivity contribution in [1.29, 1.82) is 0 Å². The molecule has 8 heteroatoms. The monoisotopic (exact) mass is 408 g/mol. The first-order valence-electron chi connectivity index (χ1n) is 9.30. The Morgan fingerprint density at radius 1 is 1.39 bits per heavy atom. The highest BCUT2D eigenvalue weighted by molar-refractivity contribution is 5.85. The van der Waals surface area contributed by atoms with Crippen molar-refractivity contribution in [2.45, 2.75) is 37.8 Å². The van der Waals surface area contributed by atoms with Crippen molar-refractivity contribution in [3.05, 3.63) is 47.5 Å². The Bertz CT molecular complexity index is 870. The standard InChI is InChI=1S/C20H25FN4O2.ClH/c1-20(2)7-17(14-5-4-13(21)6-18(14)27-20)24-19(26)16-10-22-9-15(16)12-8-23-25(3)11-12;/h4-6,8,11,15-17,22H,7,9-10H2,1-3H3,(H,24,26);1H/t15-,16+,17?;/m1./s1. The van der Waals surface area contributed by atoms with E-state index < -0.39 is 5.60 Å². The van der Waals surface area contributed by atoms with Gasteiger partial charge in [0.25, 0.3) is 0 Å². The molecule has 152 valence electrons. The molecule has 3 heterocycles. The van der Waals surface area contributed by atoms with Gasteiger partial charge in [-0.05, 0) is 25.5 Å². The van der Waals surface area contributed by atoms with Crippen LogP contribution in [-0.2, 0) is 11.8 Å². The number of benzene rings is 1. The second-order valence-corrected chi connectivity index (χ2v) is 8.13. The molecule has 1 saturated heterocycles. The highest BCUT2D eigenvalue weighted by Gasteiger charge is 2.39. The zero-order valence-corrected chi connectivity index (χ0v) is 17.1. The number of halogens is 2. The van der Waals surface area contributed by atoms with E-state index in [-0.39, 0.29) is 42.0 Å². The van der Waals surface area contributed by atoms with Gasteiger partial charge in [-0.2, -0.15) is 5.10 Å². The smallest absolute Gasteiger partial charge is 0.225 e. The highest BCUT2D eigenvalue weighted by atomic mass is 35.5. The molecule has 0 spiro atoms. The van der Waals surface area contributed by atoms with Gasteiger partial charge in [-0.25, -0.2) is 4.39 Å². The summed E-state index contributed by atoms with van der Waals surface area (Å²) in [7, 11) is 1.88. The van der Waals surface area contributed by atoms with Crippen LogP contribution in [0.1, 0.15) is 43.4 Å². The van der Waals surface area contributed by atoms with Gasteiger partial charge in [0.05, 0.1) is 18.2 Å². The van der Waals surface area contributed by atoms with Crippen LogP contribution in [0.2, 0.25) is 0 Å². The molecule has 4 rings (SSSR count). The van der Waals surface area contributed by atoms with Crippen LogP contribution in [0.4, 0.5) is 4.39 Å². The molecule has 3 atom stereocenters. The topological polar surface area (TPSA) is 68.2 Å². The van der Waals surface area contributed by atoms with Crippen LogP contribution in [0, 0.1) is 11.7 Å². The lowest BCUT2D eigenvalue weighted by atomic mass is 9.87. The van der Waals surface area contributed by atoms with E-state index in [9.17, 15) is 9.18 Å². The number of hydrogen-bond acceptors (Lipinski definition) is 4. The van der Waals surface area contributed by atoms with Gasteiger partial charge in [-0.3, -0.25) is 9.48 Å². The van der Waals surface area contributed by atoms with Crippen LogP contribution >= 0.6 is 12.4 Å². The molecule has 1 aromatic carbocycles. The molecule has 0 radical (unpaired) electrons. The SMILES string of the molecule is Cl.Cn1cc([C@H]2CNC[C@@H]2C(=O)NC2CC(C)(C)Oc3cc(F)ccc32)cn1. The van der Waals surface area contributed by atoms with Gasteiger partial charge >= 0.3 is 0 Å². The van der Waals surface area contributed by atoms with Crippen LogP contribution in [0.5, 0.6) is 5.75 Å². The fraction of sp³-hybridized carbons (Fsp3) is 0.500. The van der Waals surface area contributed by atoms with E-state index in [2.05, 4.69) is 15.7 Å². The fourth-order valence-electron chi connectivity index (χ4n) is 4.17. The van der Waals surface area contributed by atoms with Crippen molar-refractivity contribution >= 4 is 18.3 Å². The zero-order chi connectivity index (χ0) is 19.2. The number of carbonyl (C=O) groups excluding carboxylic acids is 1. The van der Waals surface area contributed by atoms with Gasteiger partial charge in [0.2, 0.25) is 5.91 Å². The van der Waals surface area contributed by atoms with Crippen LogP contribution in [-0.4, -0.2) is 34.4 Å². The van der Waals surface area contributed by atoms with E-state index in [4.69, 9.17) is 4.74 Å². The molecule has 2 aliphatic heterocycles. The van der Waals surface area contributed by atoms with Gasteiger partial charge in [-0.1, -0.05) is 6.07 Å². The predicted octanol–water partition coefficient (Wildman–Crippen LogP) is 2.70. The third-order valence-corrected chi connectivity index (χ3v) is 5.45. The molecule has 6 nitrogen and oxygen atoms in total. The summed E-state index contributed by atoms with van der Waals surface area (Å²) in [6, 6.07) is 4.31. The molecule has 1 amide bonds. The van der Waals surface area contributed by atoms with Gasteiger partial charge in [0, 0.05) is 50.3 Å². The maximum atomic E-state index is 13.6. The van der Waals surface area contributed by atoms with Crippen LogP contribution in [0.25, 0.3) is 0 Å². The summed E-state index contributed by atoms with van der Waals surface area (Å²) in [5.74, 6) is 0.105. The number of hydrogen-bond donors (Lipinski definition) is 2. The average molecular weight is 409 g/mol. The molecular weight excluding hydrogens is 383 g/mol. The molecule has 2 N–H and O–H groups in total. The van der Waals surface area contributed by atoms with Gasteiger partial charge in [0.1, 0.15) is 17.2 Å². The van der Waals surface area contributed by atoms with Crippen molar-refractivity contribution in [3.8, 4) is 5.75 Å². The summed E-state index contributed by atoms with van der Waals surface area (Å²) in [5, 5.41) is 10.7. The summed E-state index contributed by atoms with van der Waals surface area (Å²) >= 11 is 0. The minimum atomic E-state index is -0.477. The van der Waals surface area contributed by atoms with E-state index in [0.29, 0.717) is 18.7 Å². The molecule has 1 fully saturated rings. The molecule has 2 aromatic rings. The van der Waals surface area contributed by atoms with E-state index in [0.717, 1.165) is 17.7 Å². The summed E-state index contributed by atoms with van der Waals surface area (Å²) in [6.45, 7) is 5.30. The summed E-state index contributed by atoms with van der Waals surface area (Å²) < 4.78 is 21.3. The first kappa shape index (κ1) is 20.6. The normalized spacial score (nSPS) is 25.4. The van der Waals surface area contributed by atoms with E-state index in [1.807, 2.05) is 33.3 Å². The summed E-state index contributed by atoms with van der Waals surface area (Å²) in [5.41, 5.74) is 1.42. The summed E-state index contributed by atoms with van der Waals surface area (Å²) in [4.78, 5) is 13.1. The van der Waals surface area contributed by atoms with E-state index in [1.165, 1.54) is 12.1 Å². The number of rotatable bonds is 3. The van der Waals surface area contributed by atoms with Crippen LogP contribution in [0.15, 0.2) is 30.6 Å². The number of fused-ring (bicyclic) bond motifs is 1. The van der Waals surface area contributed by atoms with Gasteiger partial charge < -0.3 is 15.4 Å². The Balaban J connectivity index is 0.00000225. The van der Waals surface area contributed by atoms with Crippen molar-refractivity contribution < 1.29 is 13.9 Å². The predicted molar refractivity (Wildman–Crippen MR) is 106 cm³/mol.